The lowest BCUT2D eigenvalue weighted by molar-refractivity contribution is 0.0736. The third-order valence-electron chi connectivity index (χ3n) is 3.59. The Hall–Kier alpha value is -2.39. The zero-order valence-corrected chi connectivity index (χ0v) is 13.7. The summed E-state index contributed by atoms with van der Waals surface area (Å²) in [6.45, 7) is 4.08. The van der Waals surface area contributed by atoms with Crippen molar-refractivity contribution in [3.63, 3.8) is 0 Å². The number of fused-ring (bicyclic) bond motifs is 1. The van der Waals surface area contributed by atoms with Crippen molar-refractivity contribution >= 4 is 28.5 Å². The van der Waals surface area contributed by atoms with E-state index in [0.717, 1.165) is 16.6 Å². The molecule has 1 aromatic heterocycles. The lowest BCUT2D eigenvalue weighted by Crippen LogP contribution is -2.11. The molecule has 3 nitrogen and oxygen atoms in total. The first-order valence-electron chi connectivity index (χ1n) is 7.42. The van der Waals surface area contributed by atoms with Gasteiger partial charge in [0.1, 0.15) is 5.75 Å². The van der Waals surface area contributed by atoms with E-state index in [1.165, 1.54) is 0 Å². The fourth-order valence-corrected chi connectivity index (χ4v) is 2.52. The van der Waals surface area contributed by atoms with Crippen LogP contribution in [-0.4, -0.2) is 11.0 Å². The molecule has 0 saturated heterocycles. The van der Waals surface area contributed by atoms with E-state index in [2.05, 4.69) is 4.98 Å². The second-order valence-electron chi connectivity index (χ2n) is 5.59. The number of aromatic nitrogens is 1. The molecule has 3 rings (SSSR count). The Morgan fingerprint density at radius 1 is 1.09 bits per heavy atom. The van der Waals surface area contributed by atoms with Crippen molar-refractivity contribution in [3.8, 4) is 5.75 Å². The first-order valence-corrected chi connectivity index (χ1v) is 7.80. The number of pyridine rings is 1. The van der Waals surface area contributed by atoms with Gasteiger partial charge in [-0.15, -0.1) is 0 Å². The number of para-hydroxylation sites is 2. The molecule has 0 aliphatic heterocycles. The van der Waals surface area contributed by atoms with Crippen molar-refractivity contribution in [2.75, 3.05) is 0 Å². The Kier molecular flexibility index (Phi) is 4.30. The van der Waals surface area contributed by atoms with Gasteiger partial charge in [-0.05, 0) is 30.2 Å². The Balaban J connectivity index is 2.07. The summed E-state index contributed by atoms with van der Waals surface area (Å²) in [7, 11) is 0. The van der Waals surface area contributed by atoms with Crippen molar-refractivity contribution in [1.82, 2.24) is 4.98 Å². The van der Waals surface area contributed by atoms with Crippen LogP contribution in [0.1, 0.15) is 35.8 Å². The van der Waals surface area contributed by atoms with Gasteiger partial charge < -0.3 is 4.74 Å². The van der Waals surface area contributed by atoms with Crippen LogP contribution in [0.15, 0.2) is 54.6 Å². The van der Waals surface area contributed by atoms with Crippen molar-refractivity contribution < 1.29 is 9.53 Å². The largest absolute Gasteiger partial charge is 0.421 e. The zero-order chi connectivity index (χ0) is 16.4. The molecule has 23 heavy (non-hydrogen) atoms. The van der Waals surface area contributed by atoms with Crippen LogP contribution in [0.4, 0.5) is 0 Å². The lowest BCUT2D eigenvalue weighted by atomic mass is 10.0. The molecule has 0 aliphatic rings. The summed E-state index contributed by atoms with van der Waals surface area (Å²) in [4.78, 5) is 17.3. The monoisotopic (exact) mass is 325 g/mol. The van der Waals surface area contributed by atoms with Crippen molar-refractivity contribution in [1.29, 1.82) is 0 Å². The third-order valence-corrected chi connectivity index (χ3v) is 3.90. The summed E-state index contributed by atoms with van der Waals surface area (Å²) < 4.78 is 5.48. The standard InChI is InChI=1S/C19H16ClNO2/c1-12(2)17-11-14(13-7-3-5-9-16(13)21-17)19(22)23-18-10-6-4-8-15(18)20/h3-12H,1-2H3. The van der Waals surface area contributed by atoms with Gasteiger partial charge in [0.05, 0.1) is 16.1 Å². The molecule has 2 aromatic carbocycles. The first kappa shape index (κ1) is 15.5. The van der Waals surface area contributed by atoms with Crippen molar-refractivity contribution in [2.24, 2.45) is 0 Å². The number of esters is 1. The molecule has 0 fully saturated rings. The van der Waals surface area contributed by atoms with Crippen molar-refractivity contribution in [3.05, 3.63) is 70.9 Å². The molecular formula is C19H16ClNO2. The summed E-state index contributed by atoms with van der Waals surface area (Å²) in [5.41, 5.74) is 2.14. The van der Waals surface area contributed by atoms with Crippen molar-refractivity contribution in [2.45, 2.75) is 19.8 Å². The Morgan fingerprint density at radius 3 is 2.52 bits per heavy atom. The van der Waals surface area contributed by atoms with Gasteiger partial charge in [-0.2, -0.15) is 0 Å². The highest BCUT2D eigenvalue weighted by Gasteiger charge is 2.17. The van der Waals surface area contributed by atoms with E-state index < -0.39 is 5.97 Å². The number of benzene rings is 2. The number of hydrogen-bond donors (Lipinski definition) is 0. The summed E-state index contributed by atoms with van der Waals surface area (Å²) >= 11 is 6.07. The number of halogens is 1. The number of nitrogens with zero attached hydrogens (tertiary/aromatic N) is 1. The molecular weight excluding hydrogens is 310 g/mol. The van der Waals surface area contributed by atoms with Crippen LogP contribution in [0, 0.1) is 0 Å². The average Bonchev–Trinajstić information content (AvgIpc) is 2.55. The fourth-order valence-electron chi connectivity index (χ4n) is 2.34. The summed E-state index contributed by atoms with van der Waals surface area (Å²) in [6.07, 6.45) is 0. The topological polar surface area (TPSA) is 39.2 Å². The zero-order valence-electron chi connectivity index (χ0n) is 12.9. The molecule has 0 bridgehead atoms. The lowest BCUT2D eigenvalue weighted by Gasteiger charge is -2.12. The van der Waals surface area contributed by atoms with Crippen LogP contribution in [-0.2, 0) is 0 Å². The van der Waals surface area contributed by atoms with Gasteiger partial charge in [0.15, 0.2) is 0 Å². The second-order valence-corrected chi connectivity index (χ2v) is 5.99. The Labute approximate surface area is 139 Å². The van der Waals surface area contributed by atoms with E-state index in [1.807, 2.05) is 38.1 Å². The third kappa shape index (κ3) is 3.20. The normalized spacial score (nSPS) is 11.0. The van der Waals surface area contributed by atoms with Crippen LogP contribution in [0.25, 0.3) is 10.9 Å². The number of hydrogen-bond acceptors (Lipinski definition) is 3. The average molecular weight is 326 g/mol. The van der Waals surface area contributed by atoms with Gasteiger partial charge in [0.2, 0.25) is 0 Å². The maximum atomic E-state index is 12.6. The molecule has 0 unspecified atom stereocenters. The maximum absolute atomic E-state index is 12.6. The predicted molar refractivity (Wildman–Crippen MR) is 92.2 cm³/mol. The van der Waals surface area contributed by atoms with Crippen LogP contribution in [0.5, 0.6) is 5.75 Å². The van der Waals surface area contributed by atoms with Gasteiger partial charge in [0, 0.05) is 11.1 Å². The van der Waals surface area contributed by atoms with E-state index in [4.69, 9.17) is 16.3 Å². The minimum Gasteiger partial charge on any atom is -0.421 e. The minimum atomic E-state index is -0.432. The van der Waals surface area contributed by atoms with E-state index in [0.29, 0.717) is 16.3 Å². The number of carbonyl (C=O) groups excluding carboxylic acids is 1. The highest BCUT2D eigenvalue weighted by atomic mass is 35.5. The predicted octanol–water partition coefficient (Wildman–Crippen LogP) is 5.23. The van der Waals surface area contributed by atoms with Gasteiger partial charge in [-0.1, -0.05) is 55.8 Å². The smallest absolute Gasteiger partial charge is 0.344 e. The highest BCUT2D eigenvalue weighted by molar-refractivity contribution is 6.32. The van der Waals surface area contributed by atoms with Gasteiger partial charge in [-0.25, -0.2) is 4.79 Å². The molecule has 116 valence electrons. The quantitative estimate of drug-likeness (QED) is 0.489. The molecule has 0 N–H and O–H groups in total. The van der Waals surface area contributed by atoms with Gasteiger partial charge in [0.25, 0.3) is 0 Å². The van der Waals surface area contributed by atoms with Gasteiger partial charge in [-0.3, -0.25) is 4.98 Å². The summed E-state index contributed by atoms with van der Waals surface area (Å²) in [5.74, 6) is 0.135. The van der Waals surface area contributed by atoms with Crippen LogP contribution in [0.2, 0.25) is 5.02 Å². The van der Waals surface area contributed by atoms with Crippen LogP contribution < -0.4 is 4.74 Å². The van der Waals surface area contributed by atoms with Crippen LogP contribution in [0.3, 0.4) is 0 Å². The molecule has 0 atom stereocenters. The molecule has 0 aliphatic carbocycles. The molecule has 0 spiro atoms. The summed E-state index contributed by atoms with van der Waals surface area (Å²) in [5, 5.41) is 1.18. The highest BCUT2D eigenvalue weighted by Crippen LogP contribution is 2.27. The molecule has 0 amide bonds. The minimum absolute atomic E-state index is 0.214. The number of ether oxygens (including phenoxy) is 1. The van der Waals surface area contributed by atoms with Crippen LogP contribution >= 0.6 is 11.6 Å². The van der Waals surface area contributed by atoms with E-state index in [-0.39, 0.29) is 5.92 Å². The van der Waals surface area contributed by atoms with E-state index in [1.54, 1.807) is 30.3 Å². The van der Waals surface area contributed by atoms with E-state index in [9.17, 15) is 4.79 Å². The molecule has 3 aromatic rings. The first-order chi connectivity index (χ1) is 11.1. The number of rotatable bonds is 3. The van der Waals surface area contributed by atoms with E-state index >= 15 is 0 Å². The molecule has 1 heterocycles. The number of carbonyl (C=O) groups is 1. The maximum Gasteiger partial charge on any atom is 0.344 e. The molecule has 0 radical (unpaired) electrons. The molecule has 4 heteroatoms. The molecule has 0 saturated carbocycles. The Morgan fingerprint density at radius 2 is 1.78 bits per heavy atom. The SMILES string of the molecule is CC(C)c1cc(C(=O)Oc2ccccc2Cl)c2ccccc2n1. The second kappa shape index (κ2) is 6.39. The Bertz CT molecular complexity index is 874. The van der Waals surface area contributed by atoms with Gasteiger partial charge >= 0.3 is 5.97 Å². The summed E-state index contributed by atoms with van der Waals surface area (Å²) in [6, 6.07) is 16.3. The fraction of sp³-hybridized carbons (Fsp3) is 0.158.